The van der Waals surface area contributed by atoms with E-state index < -0.39 is 0 Å². The molecule has 1 fully saturated rings. The van der Waals surface area contributed by atoms with E-state index in [0.717, 1.165) is 35.5 Å². The van der Waals surface area contributed by atoms with Crippen molar-refractivity contribution >= 4 is 28.4 Å². The fourth-order valence-electron chi connectivity index (χ4n) is 3.66. The first-order chi connectivity index (χ1) is 14.1. The highest BCUT2D eigenvalue weighted by Gasteiger charge is 2.18. The molecule has 2 aromatic heterocycles. The lowest BCUT2D eigenvalue weighted by molar-refractivity contribution is -0.121. The number of piperidine rings is 1. The van der Waals surface area contributed by atoms with Crippen molar-refractivity contribution in [2.75, 3.05) is 37.0 Å². The molecule has 1 saturated heterocycles. The van der Waals surface area contributed by atoms with Crippen LogP contribution in [0, 0.1) is 0 Å². The molecule has 0 saturated carbocycles. The molecule has 1 N–H and O–H groups in total. The Labute approximate surface area is 170 Å². The van der Waals surface area contributed by atoms with Crippen LogP contribution in [0.2, 0.25) is 0 Å². The van der Waals surface area contributed by atoms with Crippen LogP contribution >= 0.6 is 0 Å². The first-order valence-electron chi connectivity index (χ1n) is 10.1. The van der Waals surface area contributed by atoms with Crippen LogP contribution in [0.5, 0.6) is 0 Å². The standard InChI is InChI=1S/C21H27N7O/c1-26(2)17-8-6-16(7-9-17)12-22-19(29)14-28-21-18(13-25-28)20(23-15-24-21)27-10-4-3-5-11-27/h6-9,13,15H,3-5,10-12,14H2,1-2H3,(H,22,29). The zero-order valence-corrected chi connectivity index (χ0v) is 17.0. The number of aromatic nitrogens is 4. The second-order valence-corrected chi connectivity index (χ2v) is 7.62. The highest BCUT2D eigenvalue weighted by atomic mass is 16.2. The third kappa shape index (κ3) is 4.31. The van der Waals surface area contributed by atoms with Crippen molar-refractivity contribution in [1.29, 1.82) is 0 Å². The van der Waals surface area contributed by atoms with E-state index in [2.05, 4.69) is 25.3 Å². The number of nitrogens with zero attached hydrogens (tertiary/aromatic N) is 6. The molecule has 3 heterocycles. The van der Waals surface area contributed by atoms with Crippen LogP contribution in [0.3, 0.4) is 0 Å². The molecule has 8 nitrogen and oxygen atoms in total. The second kappa shape index (κ2) is 8.46. The predicted molar refractivity (Wildman–Crippen MR) is 114 cm³/mol. The summed E-state index contributed by atoms with van der Waals surface area (Å²) in [5.74, 6) is 0.826. The van der Waals surface area contributed by atoms with Gasteiger partial charge in [0, 0.05) is 39.4 Å². The normalized spacial score (nSPS) is 14.2. The number of rotatable bonds is 6. The molecule has 152 valence electrons. The Hall–Kier alpha value is -3.16. The minimum Gasteiger partial charge on any atom is -0.378 e. The Kier molecular flexibility index (Phi) is 5.59. The minimum absolute atomic E-state index is 0.0928. The van der Waals surface area contributed by atoms with Crippen molar-refractivity contribution in [2.24, 2.45) is 0 Å². The van der Waals surface area contributed by atoms with E-state index in [1.807, 2.05) is 43.3 Å². The number of carbonyl (C=O) groups excluding carboxylic acids is 1. The van der Waals surface area contributed by atoms with Gasteiger partial charge in [0.05, 0.1) is 11.6 Å². The highest BCUT2D eigenvalue weighted by Crippen LogP contribution is 2.25. The van der Waals surface area contributed by atoms with Crippen molar-refractivity contribution in [3.63, 3.8) is 0 Å². The van der Waals surface area contributed by atoms with Crippen LogP contribution in [0.4, 0.5) is 11.5 Å². The number of hydrogen-bond acceptors (Lipinski definition) is 6. The van der Waals surface area contributed by atoms with Gasteiger partial charge in [-0.2, -0.15) is 5.10 Å². The fourth-order valence-corrected chi connectivity index (χ4v) is 3.66. The van der Waals surface area contributed by atoms with Gasteiger partial charge in [-0.1, -0.05) is 12.1 Å². The molecule has 0 aliphatic carbocycles. The molecule has 29 heavy (non-hydrogen) atoms. The number of nitrogens with one attached hydrogen (secondary N) is 1. The van der Waals surface area contributed by atoms with Crippen molar-refractivity contribution in [3.8, 4) is 0 Å². The van der Waals surface area contributed by atoms with E-state index >= 15 is 0 Å². The van der Waals surface area contributed by atoms with E-state index in [0.29, 0.717) is 12.2 Å². The summed E-state index contributed by atoms with van der Waals surface area (Å²) in [6.07, 6.45) is 6.96. The van der Waals surface area contributed by atoms with E-state index in [4.69, 9.17) is 0 Å². The van der Waals surface area contributed by atoms with Crippen LogP contribution in [0.25, 0.3) is 11.0 Å². The predicted octanol–water partition coefficient (Wildman–Crippen LogP) is 2.20. The zero-order valence-electron chi connectivity index (χ0n) is 17.0. The molecule has 0 radical (unpaired) electrons. The first kappa shape index (κ1) is 19.2. The van der Waals surface area contributed by atoms with Gasteiger partial charge in [-0.15, -0.1) is 0 Å². The van der Waals surface area contributed by atoms with E-state index in [9.17, 15) is 4.79 Å². The molecule has 1 aliphatic rings. The van der Waals surface area contributed by atoms with Gasteiger partial charge in [0.1, 0.15) is 18.7 Å². The van der Waals surface area contributed by atoms with E-state index in [-0.39, 0.29) is 12.5 Å². The molecule has 1 aromatic carbocycles. The number of hydrogen-bond donors (Lipinski definition) is 1. The summed E-state index contributed by atoms with van der Waals surface area (Å²) in [7, 11) is 4.01. The maximum Gasteiger partial charge on any atom is 0.242 e. The quantitative estimate of drug-likeness (QED) is 0.692. The minimum atomic E-state index is -0.0928. The van der Waals surface area contributed by atoms with Gasteiger partial charge in [0.2, 0.25) is 5.91 Å². The summed E-state index contributed by atoms with van der Waals surface area (Å²) in [6, 6.07) is 8.14. The Morgan fingerprint density at radius 2 is 1.86 bits per heavy atom. The van der Waals surface area contributed by atoms with Crippen LogP contribution in [0.1, 0.15) is 24.8 Å². The number of anilines is 2. The molecule has 0 spiro atoms. The summed E-state index contributed by atoms with van der Waals surface area (Å²) in [5.41, 5.74) is 2.89. The van der Waals surface area contributed by atoms with E-state index in [1.54, 1.807) is 17.2 Å². The Balaban J connectivity index is 1.41. The highest BCUT2D eigenvalue weighted by molar-refractivity contribution is 5.87. The van der Waals surface area contributed by atoms with Gasteiger partial charge in [0.25, 0.3) is 0 Å². The summed E-state index contributed by atoms with van der Waals surface area (Å²) < 4.78 is 1.65. The first-order valence-corrected chi connectivity index (χ1v) is 10.1. The Bertz CT molecular complexity index is 974. The number of carbonyl (C=O) groups is 1. The topological polar surface area (TPSA) is 79.2 Å². The van der Waals surface area contributed by atoms with Crippen LogP contribution in [-0.4, -0.2) is 52.8 Å². The molecule has 1 amide bonds. The molecule has 0 atom stereocenters. The lowest BCUT2D eigenvalue weighted by atomic mass is 10.1. The summed E-state index contributed by atoms with van der Waals surface area (Å²) in [5, 5.41) is 8.26. The van der Waals surface area contributed by atoms with Crippen molar-refractivity contribution in [2.45, 2.75) is 32.4 Å². The van der Waals surface area contributed by atoms with Gasteiger partial charge in [-0.25, -0.2) is 14.6 Å². The molecule has 0 bridgehead atoms. The van der Waals surface area contributed by atoms with Gasteiger partial charge >= 0.3 is 0 Å². The molecule has 3 aromatic rings. The number of amides is 1. The largest absolute Gasteiger partial charge is 0.378 e. The molecule has 1 aliphatic heterocycles. The Morgan fingerprint density at radius 1 is 1.10 bits per heavy atom. The maximum absolute atomic E-state index is 12.5. The fraction of sp³-hybridized carbons (Fsp3) is 0.429. The molecule has 8 heteroatoms. The maximum atomic E-state index is 12.5. The number of fused-ring (bicyclic) bond motifs is 1. The van der Waals surface area contributed by atoms with Crippen LogP contribution in [-0.2, 0) is 17.9 Å². The second-order valence-electron chi connectivity index (χ2n) is 7.62. The smallest absolute Gasteiger partial charge is 0.242 e. The lowest BCUT2D eigenvalue weighted by Crippen LogP contribution is -2.30. The van der Waals surface area contributed by atoms with Gasteiger partial charge in [-0.05, 0) is 37.0 Å². The molecular weight excluding hydrogens is 366 g/mol. The summed E-state index contributed by atoms with van der Waals surface area (Å²) >= 11 is 0. The number of benzene rings is 1. The van der Waals surface area contributed by atoms with Crippen molar-refractivity contribution < 1.29 is 4.79 Å². The van der Waals surface area contributed by atoms with Gasteiger partial charge < -0.3 is 15.1 Å². The SMILES string of the molecule is CN(C)c1ccc(CNC(=O)Cn2ncc3c(N4CCCCC4)ncnc32)cc1. The van der Waals surface area contributed by atoms with Crippen LogP contribution in [0.15, 0.2) is 36.8 Å². The zero-order chi connectivity index (χ0) is 20.2. The molecular formula is C21H27N7O. The third-order valence-electron chi connectivity index (χ3n) is 5.30. The van der Waals surface area contributed by atoms with Gasteiger partial charge in [-0.3, -0.25) is 4.79 Å². The Morgan fingerprint density at radius 3 is 2.59 bits per heavy atom. The average molecular weight is 393 g/mol. The van der Waals surface area contributed by atoms with Crippen molar-refractivity contribution in [3.05, 3.63) is 42.4 Å². The average Bonchev–Trinajstić information content (AvgIpc) is 3.16. The molecule has 4 rings (SSSR count). The van der Waals surface area contributed by atoms with Gasteiger partial charge in [0.15, 0.2) is 5.65 Å². The summed E-state index contributed by atoms with van der Waals surface area (Å²) in [4.78, 5) is 25.6. The third-order valence-corrected chi connectivity index (χ3v) is 5.30. The van der Waals surface area contributed by atoms with E-state index in [1.165, 1.54) is 19.3 Å². The molecule has 0 unspecified atom stereocenters. The summed E-state index contributed by atoms with van der Waals surface area (Å²) in [6.45, 7) is 2.63. The van der Waals surface area contributed by atoms with Crippen molar-refractivity contribution in [1.82, 2.24) is 25.1 Å². The van der Waals surface area contributed by atoms with Crippen LogP contribution < -0.4 is 15.1 Å². The monoisotopic (exact) mass is 393 g/mol. The lowest BCUT2D eigenvalue weighted by Gasteiger charge is -2.27.